The Hall–Kier alpha value is -3.15. The first kappa shape index (κ1) is 19.2. The highest BCUT2D eigenvalue weighted by molar-refractivity contribution is 5.88. The second-order valence-corrected chi connectivity index (χ2v) is 5.92. The van der Waals surface area contributed by atoms with Crippen LogP contribution in [0.15, 0.2) is 54.6 Å². The third kappa shape index (κ3) is 6.39. The molecule has 26 heavy (non-hydrogen) atoms. The molecule has 136 valence electrons. The van der Waals surface area contributed by atoms with Gasteiger partial charge in [-0.3, -0.25) is 14.4 Å². The molecule has 0 spiro atoms. The monoisotopic (exact) mass is 354 g/mol. The second-order valence-electron chi connectivity index (χ2n) is 5.92. The van der Waals surface area contributed by atoms with E-state index in [0.717, 1.165) is 11.1 Å². The molecule has 0 saturated heterocycles. The van der Waals surface area contributed by atoms with E-state index in [0.29, 0.717) is 5.69 Å². The van der Waals surface area contributed by atoms with Gasteiger partial charge in [0.15, 0.2) is 6.61 Å². The van der Waals surface area contributed by atoms with E-state index in [1.54, 1.807) is 24.3 Å². The molecule has 0 aliphatic rings. The number of hydrogen-bond donors (Lipinski definition) is 2. The molecule has 0 fully saturated rings. The van der Waals surface area contributed by atoms with Crippen LogP contribution < -0.4 is 10.6 Å². The lowest BCUT2D eigenvalue weighted by atomic mass is 10.1. The van der Waals surface area contributed by atoms with Crippen LogP contribution in [0, 0.1) is 0 Å². The first-order valence-corrected chi connectivity index (χ1v) is 8.30. The van der Waals surface area contributed by atoms with Gasteiger partial charge in [-0.1, -0.05) is 42.5 Å². The maximum atomic E-state index is 11.9. The van der Waals surface area contributed by atoms with Crippen LogP contribution in [-0.2, 0) is 25.5 Å². The van der Waals surface area contributed by atoms with Crippen molar-refractivity contribution in [2.75, 3.05) is 11.9 Å². The fourth-order valence-electron chi connectivity index (χ4n) is 2.38. The van der Waals surface area contributed by atoms with Crippen molar-refractivity contribution in [1.82, 2.24) is 5.32 Å². The van der Waals surface area contributed by atoms with Crippen molar-refractivity contribution >= 4 is 23.5 Å². The lowest BCUT2D eigenvalue weighted by molar-refractivity contribution is -0.148. The van der Waals surface area contributed by atoms with Crippen molar-refractivity contribution in [3.05, 3.63) is 65.7 Å². The fourth-order valence-corrected chi connectivity index (χ4v) is 2.38. The summed E-state index contributed by atoms with van der Waals surface area (Å²) >= 11 is 0. The van der Waals surface area contributed by atoms with Crippen molar-refractivity contribution in [2.24, 2.45) is 0 Å². The van der Waals surface area contributed by atoms with E-state index in [2.05, 4.69) is 10.6 Å². The predicted octanol–water partition coefficient (Wildman–Crippen LogP) is 2.61. The molecular formula is C20H22N2O4. The SMILES string of the molecule is CC(=O)Nc1ccc(CC(=O)OCC(=O)N[C@H](C)c2ccccc2)cc1. The van der Waals surface area contributed by atoms with Gasteiger partial charge in [0.05, 0.1) is 12.5 Å². The van der Waals surface area contributed by atoms with Crippen LogP contribution in [0.4, 0.5) is 5.69 Å². The number of hydrogen-bond acceptors (Lipinski definition) is 4. The highest BCUT2D eigenvalue weighted by Gasteiger charge is 2.12. The summed E-state index contributed by atoms with van der Waals surface area (Å²) in [5, 5.41) is 5.43. The Balaban J connectivity index is 1.75. The molecular weight excluding hydrogens is 332 g/mol. The van der Waals surface area contributed by atoms with Crippen molar-refractivity contribution < 1.29 is 19.1 Å². The van der Waals surface area contributed by atoms with Crippen LogP contribution >= 0.6 is 0 Å². The highest BCUT2D eigenvalue weighted by atomic mass is 16.5. The Morgan fingerprint density at radius 3 is 2.27 bits per heavy atom. The van der Waals surface area contributed by atoms with Crippen LogP contribution in [0.1, 0.15) is 31.0 Å². The summed E-state index contributed by atoms with van der Waals surface area (Å²) < 4.78 is 5.02. The minimum Gasteiger partial charge on any atom is -0.455 e. The molecule has 0 radical (unpaired) electrons. The van der Waals surface area contributed by atoms with Crippen LogP contribution in [0.25, 0.3) is 0 Å². The number of benzene rings is 2. The summed E-state index contributed by atoms with van der Waals surface area (Å²) in [7, 11) is 0. The largest absolute Gasteiger partial charge is 0.455 e. The maximum absolute atomic E-state index is 11.9. The number of esters is 1. The lowest BCUT2D eigenvalue weighted by Crippen LogP contribution is -2.31. The quantitative estimate of drug-likeness (QED) is 0.749. The van der Waals surface area contributed by atoms with E-state index in [4.69, 9.17) is 4.74 Å². The molecule has 6 heteroatoms. The summed E-state index contributed by atoms with van der Waals surface area (Å²) in [6.45, 7) is 2.97. The molecule has 1 atom stereocenters. The minimum absolute atomic E-state index is 0.0574. The lowest BCUT2D eigenvalue weighted by Gasteiger charge is -2.14. The first-order valence-electron chi connectivity index (χ1n) is 8.30. The van der Waals surface area contributed by atoms with Crippen LogP contribution in [0.3, 0.4) is 0 Å². The van der Waals surface area contributed by atoms with Gasteiger partial charge in [-0.25, -0.2) is 0 Å². The van der Waals surface area contributed by atoms with Gasteiger partial charge in [0.25, 0.3) is 5.91 Å². The predicted molar refractivity (Wildman–Crippen MR) is 98.4 cm³/mol. The highest BCUT2D eigenvalue weighted by Crippen LogP contribution is 2.12. The Kier molecular flexibility index (Phi) is 6.91. The number of ether oxygens (including phenoxy) is 1. The second kappa shape index (κ2) is 9.36. The molecule has 2 aromatic rings. The average Bonchev–Trinajstić information content (AvgIpc) is 2.62. The van der Waals surface area contributed by atoms with Crippen molar-refractivity contribution in [1.29, 1.82) is 0 Å². The summed E-state index contributed by atoms with van der Waals surface area (Å²) in [6, 6.07) is 16.2. The zero-order chi connectivity index (χ0) is 18.9. The molecule has 0 aromatic heterocycles. The smallest absolute Gasteiger partial charge is 0.310 e. The van der Waals surface area contributed by atoms with Crippen LogP contribution in [0.5, 0.6) is 0 Å². The molecule has 2 N–H and O–H groups in total. The topological polar surface area (TPSA) is 84.5 Å². The Labute approximate surface area is 152 Å². The van der Waals surface area contributed by atoms with Crippen LogP contribution in [0.2, 0.25) is 0 Å². The average molecular weight is 354 g/mol. The summed E-state index contributed by atoms with van der Waals surface area (Å²) in [6.07, 6.45) is 0.0574. The van der Waals surface area contributed by atoms with Crippen molar-refractivity contribution in [2.45, 2.75) is 26.3 Å². The molecule has 0 unspecified atom stereocenters. The number of carbonyl (C=O) groups is 3. The molecule has 0 bridgehead atoms. The molecule has 0 aliphatic heterocycles. The standard InChI is InChI=1S/C20H22N2O4/c1-14(17-6-4-3-5-7-17)21-19(24)13-26-20(25)12-16-8-10-18(11-9-16)22-15(2)23/h3-11,14H,12-13H2,1-2H3,(H,21,24)(H,22,23)/t14-/m1/s1. The van der Waals surface area contributed by atoms with Crippen molar-refractivity contribution in [3.8, 4) is 0 Å². The fraction of sp³-hybridized carbons (Fsp3) is 0.250. The Bertz CT molecular complexity index is 757. The first-order chi connectivity index (χ1) is 12.4. The van der Waals surface area contributed by atoms with Crippen LogP contribution in [-0.4, -0.2) is 24.4 Å². The van der Waals surface area contributed by atoms with E-state index in [1.165, 1.54) is 6.92 Å². The molecule has 2 aromatic carbocycles. The third-order valence-electron chi connectivity index (χ3n) is 3.66. The van der Waals surface area contributed by atoms with Gasteiger partial charge in [-0.2, -0.15) is 0 Å². The van der Waals surface area contributed by atoms with E-state index in [-0.39, 0.29) is 30.9 Å². The zero-order valence-corrected chi connectivity index (χ0v) is 14.8. The van der Waals surface area contributed by atoms with E-state index in [1.807, 2.05) is 37.3 Å². The number of anilines is 1. The van der Waals surface area contributed by atoms with Gasteiger partial charge >= 0.3 is 5.97 Å². The third-order valence-corrected chi connectivity index (χ3v) is 3.66. The molecule has 0 saturated carbocycles. The Morgan fingerprint density at radius 2 is 1.65 bits per heavy atom. The molecule has 0 aliphatic carbocycles. The van der Waals surface area contributed by atoms with Gasteiger partial charge in [-0.05, 0) is 30.2 Å². The normalized spacial score (nSPS) is 11.3. The molecule has 2 rings (SSSR count). The zero-order valence-electron chi connectivity index (χ0n) is 14.8. The summed E-state index contributed by atoms with van der Waals surface area (Å²) in [5.41, 5.74) is 2.37. The number of carbonyl (C=O) groups excluding carboxylic acids is 3. The molecule has 0 heterocycles. The summed E-state index contributed by atoms with van der Waals surface area (Å²) in [5.74, 6) is -0.997. The van der Waals surface area contributed by atoms with Gasteiger partial charge in [0, 0.05) is 12.6 Å². The van der Waals surface area contributed by atoms with Gasteiger partial charge in [0.1, 0.15) is 0 Å². The van der Waals surface area contributed by atoms with E-state index < -0.39 is 5.97 Å². The van der Waals surface area contributed by atoms with Crippen molar-refractivity contribution in [3.63, 3.8) is 0 Å². The number of amides is 2. The minimum atomic E-state index is -0.486. The van der Waals surface area contributed by atoms with Gasteiger partial charge < -0.3 is 15.4 Å². The van der Waals surface area contributed by atoms with Gasteiger partial charge in [-0.15, -0.1) is 0 Å². The summed E-state index contributed by atoms with van der Waals surface area (Å²) in [4.78, 5) is 34.7. The molecule has 2 amide bonds. The number of nitrogens with one attached hydrogen (secondary N) is 2. The maximum Gasteiger partial charge on any atom is 0.310 e. The Morgan fingerprint density at radius 1 is 1.00 bits per heavy atom. The molecule has 6 nitrogen and oxygen atoms in total. The van der Waals surface area contributed by atoms with E-state index in [9.17, 15) is 14.4 Å². The van der Waals surface area contributed by atoms with E-state index >= 15 is 0 Å². The number of rotatable bonds is 7. The van der Waals surface area contributed by atoms with Gasteiger partial charge in [0.2, 0.25) is 5.91 Å².